The van der Waals surface area contributed by atoms with Gasteiger partial charge in [-0.05, 0) is 54.5 Å². The van der Waals surface area contributed by atoms with Gasteiger partial charge in [-0.3, -0.25) is 9.59 Å². The van der Waals surface area contributed by atoms with E-state index in [4.69, 9.17) is 5.73 Å². The smallest absolute Gasteiger partial charge is 0.366 e. The average molecular weight is 444 g/mol. The molecule has 3 aliphatic heterocycles. The quantitative estimate of drug-likeness (QED) is 0.588. The number of rotatable bonds is 1. The normalized spacial score (nSPS) is 22.2. The van der Waals surface area contributed by atoms with E-state index in [1.165, 1.54) is 11.8 Å². The molecule has 5 rings (SSSR count). The number of carbonyl (C=O) groups excluding carboxylic acids is 2. The van der Waals surface area contributed by atoms with Gasteiger partial charge in [0.15, 0.2) is 0 Å². The molecular weight excluding hydrogens is 425 g/mol. The molecule has 2 bridgehead atoms. The molecule has 2 aromatic carbocycles. The monoisotopic (exact) mass is 444 g/mol. The summed E-state index contributed by atoms with van der Waals surface area (Å²) in [7, 11) is 0. The second-order valence-electron chi connectivity index (χ2n) is 8.13. The van der Waals surface area contributed by atoms with Crippen molar-refractivity contribution in [3.8, 4) is 0 Å². The van der Waals surface area contributed by atoms with Crippen LogP contribution in [0.15, 0.2) is 57.8 Å². The van der Waals surface area contributed by atoms with Crippen molar-refractivity contribution in [2.45, 2.75) is 53.7 Å². The van der Waals surface area contributed by atoms with E-state index in [0.717, 1.165) is 37.0 Å². The van der Waals surface area contributed by atoms with E-state index in [9.17, 15) is 22.8 Å². The maximum Gasteiger partial charge on any atom is 0.471 e. The zero-order valence-electron chi connectivity index (χ0n) is 16.4. The molecule has 2 saturated heterocycles. The Hall–Kier alpha value is -2.74. The van der Waals surface area contributed by atoms with Crippen molar-refractivity contribution in [2.24, 2.45) is 5.73 Å². The summed E-state index contributed by atoms with van der Waals surface area (Å²) in [5.74, 6) is -2.25. The van der Waals surface area contributed by atoms with Gasteiger partial charge in [-0.2, -0.15) is 13.2 Å². The molecule has 160 valence electrons. The Morgan fingerprint density at radius 2 is 1.61 bits per heavy atom. The first-order valence-corrected chi connectivity index (χ1v) is 10.9. The minimum atomic E-state index is -4.86. The molecule has 0 aromatic heterocycles. The van der Waals surface area contributed by atoms with E-state index in [0.29, 0.717) is 31.2 Å². The predicted molar refractivity (Wildman–Crippen MR) is 110 cm³/mol. The summed E-state index contributed by atoms with van der Waals surface area (Å²) in [5, 5.41) is 0. The fraction of sp³-hybridized carbons (Fsp3) is 0.304. The lowest BCUT2D eigenvalue weighted by Gasteiger charge is -2.38. The highest BCUT2D eigenvalue weighted by atomic mass is 32.2. The third-order valence-corrected chi connectivity index (χ3v) is 7.55. The van der Waals surface area contributed by atoms with Crippen molar-refractivity contribution in [1.29, 1.82) is 0 Å². The minimum Gasteiger partial charge on any atom is -0.366 e. The summed E-state index contributed by atoms with van der Waals surface area (Å²) in [6.07, 6.45) is -2.94. The molecule has 0 aliphatic carbocycles. The van der Waals surface area contributed by atoms with Gasteiger partial charge >= 0.3 is 12.1 Å². The number of amides is 2. The van der Waals surface area contributed by atoms with Crippen LogP contribution in [0, 0.1) is 0 Å². The van der Waals surface area contributed by atoms with Crippen molar-refractivity contribution in [3.63, 3.8) is 0 Å². The van der Waals surface area contributed by atoms with Crippen molar-refractivity contribution >= 4 is 29.1 Å². The number of halogens is 3. The molecule has 2 aromatic rings. The Labute approximate surface area is 181 Å². The lowest BCUT2D eigenvalue weighted by Crippen LogP contribution is -2.50. The third-order valence-electron chi connectivity index (χ3n) is 6.33. The van der Waals surface area contributed by atoms with Crippen LogP contribution >= 0.6 is 11.8 Å². The Bertz CT molecular complexity index is 1130. The van der Waals surface area contributed by atoms with Gasteiger partial charge in [0.1, 0.15) is 0 Å². The molecule has 3 aliphatic rings. The van der Waals surface area contributed by atoms with Gasteiger partial charge in [0.2, 0.25) is 5.91 Å². The molecule has 2 unspecified atom stereocenters. The highest BCUT2D eigenvalue weighted by molar-refractivity contribution is 7.99. The molecular formula is C23H19F3N2O2S. The summed E-state index contributed by atoms with van der Waals surface area (Å²) in [5.41, 5.74) is 9.93. The maximum atomic E-state index is 13.1. The van der Waals surface area contributed by atoms with Crippen LogP contribution < -0.4 is 5.73 Å². The third kappa shape index (κ3) is 3.24. The zero-order valence-corrected chi connectivity index (χ0v) is 17.2. The fourth-order valence-corrected chi connectivity index (χ4v) is 6.34. The standard InChI is InChI=1S/C23H19F3N2O2S/c24-23(25,26)22(30)28-13-8-9-14(28)11-12(10-13)19-15-4-1-2-7-18(15)31-20-16(19)5-3-6-17(20)21(27)29/h1-7,13-14H,8-11H2,(H2,27,29). The molecule has 2 amide bonds. The largest absolute Gasteiger partial charge is 0.471 e. The second-order valence-corrected chi connectivity index (χ2v) is 9.18. The highest BCUT2D eigenvalue weighted by Crippen LogP contribution is 2.51. The predicted octanol–water partition coefficient (Wildman–Crippen LogP) is 4.77. The van der Waals surface area contributed by atoms with Gasteiger partial charge in [-0.1, -0.05) is 47.7 Å². The van der Waals surface area contributed by atoms with Crippen molar-refractivity contribution in [3.05, 3.63) is 64.7 Å². The van der Waals surface area contributed by atoms with Gasteiger partial charge in [-0.25, -0.2) is 0 Å². The van der Waals surface area contributed by atoms with E-state index in [2.05, 4.69) is 0 Å². The lowest BCUT2D eigenvalue weighted by atomic mass is 9.84. The number of hydrogen-bond acceptors (Lipinski definition) is 3. The minimum absolute atomic E-state index is 0.396. The number of alkyl halides is 3. The van der Waals surface area contributed by atoms with Gasteiger partial charge in [0.05, 0.1) is 5.56 Å². The number of hydrogen-bond donors (Lipinski definition) is 1. The van der Waals surface area contributed by atoms with Gasteiger partial charge in [-0.15, -0.1) is 0 Å². The van der Waals surface area contributed by atoms with Gasteiger partial charge in [0.25, 0.3) is 0 Å². The number of piperidine rings is 1. The molecule has 2 fully saturated rings. The molecule has 8 heteroatoms. The summed E-state index contributed by atoms with van der Waals surface area (Å²) >= 11 is 1.48. The summed E-state index contributed by atoms with van der Waals surface area (Å²) < 4.78 is 39.4. The molecule has 2 N–H and O–H groups in total. The first-order valence-electron chi connectivity index (χ1n) is 10.1. The van der Waals surface area contributed by atoms with Crippen LogP contribution in [0.3, 0.4) is 0 Å². The van der Waals surface area contributed by atoms with Crippen LogP contribution in [0.1, 0.15) is 47.2 Å². The number of carbonyl (C=O) groups is 2. The molecule has 4 nitrogen and oxygen atoms in total. The lowest BCUT2D eigenvalue weighted by molar-refractivity contribution is -0.189. The average Bonchev–Trinajstić information content (AvgIpc) is 2.99. The van der Waals surface area contributed by atoms with E-state index in [-0.39, 0.29) is 0 Å². The van der Waals surface area contributed by atoms with Crippen LogP contribution in [0.2, 0.25) is 0 Å². The van der Waals surface area contributed by atoms with Crippen LogP contribution in [0.5, 0.6) is 0 Å². The van der Waals surface area contributed by atoms with E-state index >= 15 is 0 Å². The van der Waals surface area contributed by atoms with Gasteiger partial charge < -0.3 is 10.6 Å². The van der Waals surface area contributed by atoms with Crippen molar-refractivity contribution < 1.29 is 22.8 Å². The number of primary amides is 1. The Morgan fingerprint density at radius 3 is 2.26 bits per heavy atom. The van der Waals surface area contributed by atoms with Crippen LogP contribution in [0.25, 0.3) is 5.57 Å². The van der Waals surface area contributed by atoms with Crippen LogP contribution in [-0.2, 0) is 4.79 Å². The molecule has 0 spiro atoms. The molecule has 0 radical (unpaired) electrons. The topological polar surface area (TPSA) is 63.4 Å². The maximum absolute atomic E-state index is 13.1. The molecule has 3 heterocycles. The second kappa shape index (κ2) is 7.15. The van der Waals surface area contributed by atoms with Crippen LogP contribution in [0.4, 0.5) is 13.2 Å². The van der Waals surface area contributed by atoms with Crippen LogP contribution in [-0.4, -0.2) is 35.0 Å². The molecule has 31 heavy (non-hydrogen) atoms. The Morgan fingerprint density at radius 1 is 0.968 bits per heavy atom. The van der Waals surface area contributed by atoms with E-state index < -0.39 is 30.1 Å². The van der Waals surface area contributed by atoms with Crippen molar-refractivity contribution in [2.75, 3.05) is 0 Å². The zero-order chi connectivity index (χ0) is 21.9. The highest BCUT2D eigenvalue weighted by Gasteiger charge is 2.51. The summed E-state index contributed by atoms with van der Waals surface area (Å²) in [4.78, 5) is 26.9. The summed E-state index contributed by atoms with van der Waals surface area (Å²) in [6, 6.07) is 12.3. The number of nitrogens with two attached hydrogens (primary N) is 1. The first-order chi connectivity index (χ1) is 14.8. The fourth-order valence-electron chi connectivity index (χ4n) is 5.13. The number of fused-ring (bicyclic) bond motifs is 4. The van der Waals surface area contributed by atoms with E-state index in [1.807, 2.05) is 30.3 Å². The number of benzene rings is 2. The number of nitrogens with zero attached hydrogens (tertiary/aromatic N) is 1. The van der Waals surface area contributed by atoms with Gasteiger partial charge in [0, 0.05) is 21.9 Å². The Kier molecular flexibility index (Phi) is 4.66. The molecule has 2 atom stereocenters. The first kappa shape index (κ1) is 20.2. The molecule has 0 saturated carbocycles. The Balaban J connectivity index is 1.64. The van der Waals surface area contributed by atoms with Crippen molar-refractivity contribution in [1.82, 2.24) is 4.90 Å². The SMILES string of the molecule is NC(=O)c1cccc2c1Sc1ccccc1C2=C1CC2CCC(C1)N2C(=O)C(F)(F)F. The van der Waals surface area contributed by atoms with E-state index in [1.54, 1.807) is 12.1 Å². The summed E-state index contributed by atoms with van der Waals surface area (Å²) in [6.45, 7) is 0.